The second-order valence-electron chi connectivity index (χ2n) is 27.9. The first kappa shape index (κ1) is 96.8. The van der Waals surface area contributed by atoms with E-state index in [2.05, 4.69) is 75.7 Å². The van der Waals surface area contributed by atoms with Crippen molar-refractivity contribution in [1.29, 1.82) is 0 Å². The summed E-state index contributed by atoms with van der Waals surface area (Å²) in [5, 5.41) is 78.7. The Kier molecular flexibility index (Phi) is 41.2. The summed E-state index contributed by atoms with van der Waals surface area (Å²) in [7, 11) is 1.76. The van der Waals surface area contributed by atoms with Gasteiger partial charge in [-0.1, -0.05) is 90.8 Å². The number of esters is 1. The van der Waals surface area contributed by atoms with Crippen LogP contribution in [0.2, 0.25) is 0 Å². The summed E-state index contributed by atoms with van der Waals surface area (Å²) in [4.78, 5) is 264. The molecule has 1 aliphatic heterocycles. The molecule has 16 atom stereocenters. The molecule has 1 aliphatic rings. The van der Waals surface area contributed by atoms with Gasteiger partial charge >= 0.3 is 29.8 Å². The van der Waals surface area contributed by atoms with E-state index in [0.29, 0.717) is 34.2 Å². The fraction of sp³-hybridized carbons (Fsp3) is 0.625. The molecule has 0 aliphatic carbocycles. The molecule has 634 valence electrons. The van der Waals surface area contributed by atoms with Gasteiger partial charge in [-0.15, -0.1) is 0 Å². The van der Waals surface area contributed by atoms with Gasteiger partial charge in [0.25, 0.3) is 0 Å². The van der Waals surface area contributed by atoms with Crippen LogP contribution in [0.4, 0.5) is 0 Å². The maximum atomic E-state index is 15.0. The number of carbonyl (C=O) groups excluding carboxylic acids is 15. The van der Waals surface area contributed by atoms with Crippen LogP contribution in [0.3, 0.4) is 0 Å². The third-order valence-electron chi connectivity index (χ3n) is 18.7. The van der Waals surface area contributed by atoms with Gasteiger partial charge in [-0.05, 0) is 82.9 Å². The maximum absolute atomic E-state index is 15.0. The van der Waals surface area contributed by atoms with E-state index in [9.17, 15) is 117 Å². The van der Waals surface area contributed by atoms with E-state index in [1.165, 1.54) is 20.8 Å². The number of nitrogens with two attached hydrogens (primary N) is 2. The third kappa shape index (κ3) is 32.0. The van der Waals surface area contributed by atoms with Crippen LogP contribution >= 0.6 is 0 Å². The molecule has 0 bridgehead atoms. The number of carbonyl (C=O) groups is 19. The van der Waals surface area contributed by atoms with Crippen molar-refractivity contribution in [1.82, 2.24) is 73.7 Å². The molecule has 3 rings (SSSR count). The van der Waals surface area contributed by atoms with Gasteiger partial charge in [0.1, 0.15) is 72.6 Å². The number of nitrogens with one attached hydrogen (secondary N) is 13. The molecular weight excluding hydrogens is 1500 g/mol. The summed E-state index contributed by atoms with van der Waals surface area (Å²) in [6.45, 7) is 7.13. The number of aliphatic hydroxyl groups is 1. The number of primary amides is 1. The van der Waals surface area contributed by atoms with Crippen molar-refractivity contribution in [3.63, 3.8) is 0 Å². The number of amides is 14. The predicted molar refractivity (Wildman–Crippen MR) is 400 cm³/mol. The van der Waals surface area contributed by atoms with E-state index < -0.39 is 248 Å². The Hall–Kier alpha value is -11.4. The van der Waals surface area contributed by atoms with Gasteiger partial charge in [-0.25, -0.2) is 9.59 Å². The summed E-state index contributed by atoms with van der Waals surface area (Å²) in [6, 6.07) is -14.7. The number of unbranched alkanes of at least 4 members (excludes halogenated alkanes) is 7. The molecule has 1 aromatic carbocycles. The molecule has 2 aromatic rings. The quantitative estimate of drug-likeness (QED) is 0.0225. The minimum absolute atomic E-state index is 0.0112. The number of methoxy groups -OCH3 is 1. The molecule has 0 unspecified atom stereocenters. The molecule has 114 heavy (non-hydrogen) atoms. The number of hydrogen-bond acceptors (Lipinski definition) is 23. The normalized spacial score (nSPS) is 22.3. The fourth-order valence-corrected chi connectivity index (χ4v) is 11.9. The van der Waals surface area contributed by atoms with E-state index in [1.54, 1.807) is 30.5 Å². The molecule has 0 spiro atoms. The number of likely N-dealkylation sites (N-methyl/N-ethyl adjacent to an activating group) is 1. The van der Waals surface area contributed by atoms with Crippen LogP contribution in [0.15, 0.2) is 30.5 Å². The lowest BCUT2D eigenvalue weighted by Gasteiger charge is -2.33. The third-order valence-corrected chi connectivity index (χ3v) is 18.7. The van der Waals surface area contributed by atoms with Gasteiger partial charge in [0.2, 0.25) is 82.7 Å². The number of aromatic nitrogens is 1. The Morgan fingerprint density at radius 3 is 1.82 bits per heavy atom. The average molecular weight is 1620 g/mol. The van der Waals surface area contributed by atoms with Crippen molar-refractivity contribution in [2.45, 2.75) is 242 Å². The van der Waals surface area contributed by atoms with Crippen LogP contribution in [-0.2, 0) is 107 Å². The second-order valence-corrected chi connectivity index (χ2v) is 27.9. The van der Waals surface area contributed by atoms with Crippen molar-refractivity contribution < 1.29 is 126 Å². The Balaban J connectivity index is 2.25. The van der Waals surface area contributed by atoms with Crippen LogP contribution in [-0.4, -0.2) is 267 Å². The number of cyclic esters (lactones) is 1. The van der Waals surface area contributed by atoms with E-state index in [4.69, 9.17) is 20.9 Å². The zero-order chi connectivity index (χ0) is 85.8. The van der Waals surface area contributed by atoms with Crippen LogP contribution in [0, 0.1) is 11.8 Å². The molecule has 0 saturated carbocycles. The number of rotatable bonds is 36. The summed E-state index contributed by atoms with van der Waals surface area (Å²) < 4.78 is 10.8. The summed E-state index contributed by atoms with van der Waals surface area (Å²) in [6.07, 6.45) is -3.40. The Morgan fingerprint density at radius 2 is 1.22 bits per heavy atom. The molecule has 22 N–H and O–H groups in total. The van der Waals surface area contributed by atoms with Crippen LogP contribution < -0.4 is 75.3 Å². The van der Waals surface area contributed by atoms with Crippen LogP contribution in [0.5, 0.6) is 0 Å². The van der Waals surface area contributed by atoms with Crippen molar-refractivity contribution in [2.24, 2.45) is 23.3 Å². The minimum Gasteiger partial charge on any atom is -0.481 e. The Morgan fingerprint density at radius 1 is 0.632 bits per heavy atom. The van der Waals surface area contributed by atoms with Crippen molar-refractivity contribution in [3.05, 3.63) is 36.0 Å². The van der Waals surface area contributed by atoms with Gasteiger partial charge in [-0.2, -0.15) is 0 Å². The number of para-hydroxylation sites is 1. The number of carboxylic acids is 4. The van der Waals surface area contributed by atoms with Gasteiger partial charge in [-0.3, -0.25) is 81.5 Å². The van der Waals surface area contributed by atoms with E-state index in [1.807, 2.05) is 0 Å². The lowest BCUT2D eigenvalue weighted by molar-refractivity contribution is -0.159. The highest BCUT2D eigenvalue weighted by Crippen LogP contribution is 2.22. The topological polar surface area (TPSA) is 659 Å². The number of carboxylic acid groups (broad SMARTS) is 4. The number of aliphatic carboxylic acids is 4. The number of hydrogen-bond donors (Lipinski definition) is 20. The first-order valence-electron chi connectivity index (χ1n) is 37.4. The molecule has 42 nitrogen and oxygen atoms in total. The predicted octanol–water partition coefficient (Wildman–Crippen LogP) is -4.69. The highest BCUT2D eigenvalue weighted by Gasteiger charge is 2.44. The lowest BCUT2D eigenvalue weighted by atomic mass is 9.94. The molecule has 1 aromatic heterocycles. The first-order valence-corrected chi connectivity index (χ1v) is 37.4. The molecule has 14 amide bonds. The largest absolute Gasteiger partial charge is 0.481 e. The maximum Gasteiger partial charge on any atom is 0.335 e. The van der Waals surface area contributed by atoms with E-state index in [0.717, 1.165) is 67.0 Å². The van der Waals surface area contributed by atoms with Crippen molar-refractivity contribution in [2.75, 3.05) is 33.8 Å². The number of aliphatic hydroxyl groups excluding tert-OH is 1. The van der Waals surface area contributed by atoms with Crippen LogP contribution in [0.1, 0.15) is 157 Å². The minimum atomic E-state index is -2.78. The first-order chi connectivity index (χ1) is 53.7. The van der Waals surface area contributed by atoms with Gasteiger partial charge in [0, 0.05) is 50.5 Å². The lowest BCUT2D eigenvalue weighted by Crippen LogP contribution is -2.64. The number of nitrogens with zero attached hydrogens (tertiary/aromatic N) is 1. The van der Waals surface area contributed by atoms with Crippen molar-refractivity contribution in [3.8, 4) is 0 Å². The number of aromatic amines is 1. The fourth-order valence-electron chi connectivity index (χ4n) is 11.9. The zero-order valence-electron chi connectivity index (χ0n) is 65.2. The number of ether oxygens (including phenoxy) is 2. The highest BCUT2D eigenvalue weighted by atomic mass is 16.5. The van der Waals surface area contributed by atoms with Gasteiger partial charge < -0.3 is 120 Å². The summed E-state index contributed by atoms with van der Waals surface area (Å²) in [5.74, 6) is -28.5. The summed E-state index contributed by atoms with van der Waals surface area (Å²) >= 11 is 0. The Bertz CT molecular complexity index is 3740. The second kappa shape index (κ2) is 48.5. The molecule has 1 saturated heterocycles. The summed E-state index contributed by atoms with van der Waals surface area (Å²) in [5.41, 5.74) is 12.4. The number of H-pyrrole nitrogens is 1. The van der Waals surface area contributed by atoms with Crippen molar-refractivity contribution >= 4 is 123 Å². The monoisotopic (exact) mass is 1610 g/mol. The number of benzene rings is 1. The standard InChI is InChI=1S/C72H110N16O26/c1-10-12-13-14-15-16-17-25-47(89)79-45(30-40-32-75-42-23-19-18-22-41(40)42)65(104)81-44(26-27-50(92)93)64(103)86-56(58(98)60(74)99)69(108)85-55-39(7)114-72(112)54(35(3)11-2)84-68(107)53(36(4)29-51(94)95)83-62(101)38(6)77-48(90)33-76-67(106)57(59(113-9)71(110)111)87-63(102)43(24-20-21-28-73)80-66(105)46(31-52(96)97)82-61(100)37(5)78-49(91)34-88(8)70(55)109/h18-19,22-23,32,35-39,43-46,53-59,75,98H,10-17,20-21,24-31,33-34,73H2,1-9H3,(H2,74,99)(H,76,106)(H,77,90)(H,78,91)(H,79,89)(H,80,105)(H,81,104)(H,82,100)(H,83,101)(H,84,107)(H,85,108)(H,86,103)(H,87,102)(H,92,93)(H,94,95)(H,96,97)(H,110,111)/t35-,36+,37-,38+,39-,43+,44+,45-,46-,53-,54-,55-,56-,57-,58-,59-/m0/s1. The molecular formula is C72H110N16O26. The van der Waals surface area contributed by atoms with Gasteiger partial charge in [0.15, 0.2) is 12.2 Å². The van der Waals surface area contributed by atoms with E-state index >= 15 is 0 Å². The smallest absolute Gasteiger partial charge is 0.335 e. The number of fused-ring (bicyclic) bond motifs is 1. The molecule has 1 fully saturated rings. The average Bonchev–Trinajstić information content (AvgIpc) is 1.51. The SMILES string of the molecule is CCCCCCCCCC(=O)N[C@@H](Cc1c[nH]c2ccccc12)C(=O)N[C@H](CCC(=O)O)C(=O)N[C@H](C(=O)N[C@@H]1C(=O)N(C)CC(=O)N[C@@H](C)C(=O)N[C@@H](CC(=O)O)C(=O)N[C@H](CCCCN)C(=O)N[C@@H]([C@H](OC)C(=O)O)C(=O)NCC(=O)N[C@H](C)C(=O)N[C@@H]([C@H](C)CC(=O)O)C(=O)N[C@@H]([C@@H](C)CC)C(=O)O[C@H]1C)[C@H](O)C(N)=O. The molecule has 42 heteroatoms. The Labute approximate surface area is 656 Å². The highest BCUT2D eigenvalue weighted by molar-refractivity contribution is 6.02. The molecule has 2 heterocycles. The zero-order valence-corrected chi connectivity index (χ0v) is 65.2. The van der Waals surface area contributed by atoms with Gasteiger partial charge in [0.05, 0.1) is 25.9 Å². The van der Waals surface area contributed by atoms with Crippen LogP contribution in [0.25, 0.3) is 10.9 Å². The molecule has 0 radical (unpaired) electrons. The van der Waals surface area contributed by atoms with E-state index in [-0.39, 0.29) is 45.1 Å².